The van der Waals surface area contributed by atoms with Gasteiger partial charge in [0.1, 0.15) is 6.26 Å². The number of rotatable bonds is 6. The molecule has 0 fully saturated rings. The van der Waals surface area contributed by atoms with Gasteiger partial charge in [-0.3, -0.25) is 0 Å². The molecule has 0 saturated carbocycles. The number of aromatic nitrogens is 6. The van der Waals surface area contributed by atoms with Crippen molar-refractivity contribution in [3.8, 4) is 0 Å². The van der Waals surface area contributed by atoms with E-state index in [1.807, 2.05) is 0 Å². The number of hydrogen-bond acceptors (Lipinski definition) is 8. The first-order valence-corrected chi connectivity index (χ1v) is 13.4. The highest BCUT2D eigenvalue weighted by atomic mass is 32.3. The molecular weight excluding hydrogens is 431 g/mol. The summed E-state index contributed by atoms with van der Waals surface area (Å²) in [4.78, 5) is 0. The Bertz CT molecular complexity index is 1210. The van der Waals surface area contributed by atoms with Gasteiger partial charge in [-0.2, -0.15) is 5.10 Å². The smallest absolute Gasteiger partial charge is 0.326 e. The van der Waals surface area contributed by atoms with Gasteiger partial charge in [0, 0.05) is 23.1 Å². The monoisotopic (exact) mass is 447 g/mol. The average Bonchev–Trinajstić information content (AvgIpc) is 3.26. The van der Waals surface area contributed by atoms with Crippen molar-refractivity contribution >= 4 is 37.0 Å². The first-order chi connectivity index (χ1) is 12.8. The van der Waals surface area contributed by atoms with E-state index >= 15 is 0 Å². The van der Waals surface area contributed by atoms with Gasteiger partial charge in [0.2, 0.25) is 0 Å². The molecule has 0 spiro atoms. The molecule has 0 aromatic carbocycles. The molecule has 28 heavy (non-hydrogen) atoms. The predicted molar refractivity (Wildman–Crippen MR) is 99.2 cm³/mol. The minimum Gasteiger partial charge on any atom is -0.401 e. The molecule has 3 rings (SSSR count). The van der Waals surface area contributed by atoms with Crippen LogP contribution in [0.5, 0.6) is 0 Å². The molecule has 151 valence electrons. The molecular formula is C12H16BN6O6S3. The Kier molecular flexibility index (Phi) is 4.85. The Morgan fingerprint density at radius 1 is 0.821 bits per heavy atom. The maximum atomic E-state index is 11.7. The summed E-state index contributed by atoms with van der Waals surface area (Å²) in [6.45, 7) is 0. The highest BCUT2D eigenvalue weighted by molar-refractivity contribution is 7.96. The first-order valence-electron chi connectivity index (χ1n) is 7.70. The molecule has 0 aliphatic heterocycles. The topological polar surface area (TPSA) is 159 Å². The van der Waals surface area contributed by atoms with Gasteiger partial charge < -0.3 is 13.8 Å². The van der Waals surface area contributed by atoms with E-state index in [2.05, 4.69) is 15.3 Å². The van der Waals surface area contributed by atoms with Crippen molar-refractivity contribution in [2.45, 2.75) is 15.1 Å². The summed E-state index contributed by atoms with van der Waals surface area (Å²) in [5, 5.41) is 11.5. The van der Waals surface area contributed by atoms with Gasteiger partial charge in [-0.25, -0.2) is 27.0 Å². The highest BCUT2D eigenvalue weighted by Crippen LogP contribution is 2.14. The van der Waals surface area contributed by atoms with E-state index in [-0.39, 0.29) is 15.1 Å². The van der Waals surface area contributed by atoms with Gasteiger partial charge in [-0.1, -0.05) is 4.21 Å². The Morgan fingerprint density at radius 2 is 1.21 bits per heavy atom. The van der Waals surface area contributed by atoms with Crippen LogP contribution in [0.1, 0.15) is 0 Å². The van der Waals surface area contributed by atoms with E-state index in [9.17, 15) is 25.6 Å². The standard InChI is InChI=1S/C12H16BN6O6S3/c1-26(20,21)10-4-7-17(14-10)13(18-8-5-11(15-18)27(2,22)23)19-9-6-12(16-19)28(3,24)25/h4-9,13H,1-3H3. The number of sulfone groups is 3. The van der Waals surface area contributed by atoms with Gasteiger partial charge in [-0.15, -0.1) is 0 Å². The average molecular weight is 447 g/mol. The predicted octanol–water partition coefficient (Wildman–Crippen LogP) is -1.42. The Labute approximate surface area is 162 Å². The van der Waals surface area contributed by atoms with Crippen LogP contribution in [0.15, 0.2) is 51.9 Å². The summed E-state index contributed by atoms with van der Waals surface area (Å²) in [7, 11) is -12.9. The van der Waals surface area contributed by atoms with E-state index in [0.29, 0.717) is 0 Å². The van der Waals surface area contributed by atoms with Crippen LogP contribution in [0, 0.1) is 0 Å². The van der Waals surface area contributed by atoms with Crippen LogP contribution < -0.4 is 0 Å². The normalized spacial score (nSPS) is 15.0. The van der Waals surface area contributed by atoms with Crippen molar-refractivity contribution in [1.82, 2.24) is 29.1 Å². The van der Waals surface area contributed by atoms with Crippen molar-refractivity contribution in [2.75, 3.05) is 18.8 Å². The van der Waals surface area contributed by atoms with E-state index < -0.39 is 37.0 Å². The van der Waals surface area contributed by atoms with Crippen LogP contribution >= 0.6 is 0 Å². The van der Waals surface area contributed by atoms with Crippen molar-refractivity contribution in [1.29, 1.82) is 0 Å². The molecule has 1 radical (unpaired) electrons. The van der Waals surface area contributed by atoms with Crippen molar-refractivity contribution in [3.63, 3.8) is 0 Å². The lowest BCUT2D eigenvalue weighted by Gasteiger charge is -2.26. The second-order valence-corrected chi connectivity index (χ2v) is 12.2. The molecule has 12 nitrogen and oxygen atoms in total. The summed E-state index contributed by atoms with van der Waals surface area (Å²) < 4.78 is 74.2. The van der Waals surface area contributed by atoms with Gasteiger partial charge in [0.25, 0.3) is 5.03 Å². The van der Waals surface area contributed by atoms with E-state index in [0.717, 1.165) is 18.8 Å². The van der Waals surface area contributed by atoms with Crippen LogP contribution in [-0.4, -0.2) is 71.8 Å². The van der Waals surface area contributed by atoms with E-state index in [1.54, 1.807) is 0 Å². The minimum absolute atomic E-state index is 0.198. The maximum Gasteiger partial charge on any atom is 0.326 e. The zero-order chi connectivity index (χ0) is 20.9. The molecule has 0 saturated heterocycles. The second kappa shape index (κ2) is 6.65. The quantitative estimate of drug-likeness (QED) is 0.329. The van der Waals surface area contributed by atoms with Crippen molar-refractivity contribution in [2.24, 2.45) is 0 Å². The number of hydrogen-bond donors (Lipinski definition) is 0. The lowest BCUT2D eigenvalue weighted by molar-refractivity contribution is 0.431. The van der Waals surface area contributed by atoms with Gasteiger partial charge in [0.15, 0.2) is 29.7 Å². The van der Waals surface area contributed by atoms with E-state index in [4.69, 9.17) is 0 Å². The maximum absolute atomic E-state index is 11.7. The minimum atomic E-state index is -3.59. The summed E-state index contributed by atoms with van der Waals surface area (Å²) in [6.07, 6.45) is 7.11. The molecule has 3 heterocycles. The van der Waals surface area contributed by atoms with Gasteiger partial charge >= 0.3 is 17.3 Å². The molecule has 0 amide bonds. The zero-order valence-corrected chi connectivity index (χ0v) is 17.5. The third-order valence-corrected chi connectivity index (χ3v) is 6.79. The Morgan fingerprint density at radius 3 is 1.54 bits per heavy atom. The Hall–Kier alpha value is -2.30. The molecule has 1 unspecified atom stereocenters. The first kappa shape index (κ1) is 20.4. The molecule has 3 aromatic rings. The molecule has 0 bridgehead atoms. The third-order valence-electron chi connectivity index (χ3n) is 3.86. The Balaban J connectivity index is 2.17. The largest absolute Gasteiger partial charge is 0.401 e. The van der Waals surface area contributed by atoms with Crippen LogP contribution in [0.2, 0.25) is 0 Å². The van der Waals surface area contributed by atoms with Gasteiger partial charge in [0.05, 0.1) is 0 Å². The SMILES string of the molecule is CS(=O)(=O)c1ccn([BH-](n2ccc(S(C)(=O)=O)n2)n2ccc([S+](C)([O])=O)n2)n1. The summed E-state index contributed by atoms with van der Waals surface area (Å²) >= 11 is 0. The third kappa shape index (κ3) is 4.08. The van der Waals surface area contributed by atoms with Crippen LogP contribution in [0.4, 0.5) is 0 Å². The lowest BCUT2D eigenvalue weighted by Crippen LogP contribution is -2.43. The lowest BCUT2D eigenvalue weighted by atomic mass is 9.96. The van der Waals surface area contributed by atoms with Crippen LogP contribution in [0.3, 0.4) is 0 Å². The highest BCUT2D eigenvalue weighted by Gasteiger charge is 2.29. The summed E-state index contributed by atoms with van der Waals surface area (Å²) in [5.41, 5.74) is 0. The summed E-state index contributed by atoms with van der Waals surface area (Å²) in [6, 6.07) is 3.83. The molecule has 0 aliphatic carbocycles. The van der Waals surface area contributed by atoms with Crippen LogP contribution in [-0.2, 0) is 38.6 Å². The fraction of sp³-hybridized carbons (Fsp3) is 0.250. The van der Waals surface area contributed by atoms with Gasteiger partial charge in [-0.05, 0) is 30.7 Å². The van der Waals surface area contributed by atoms with Crippen molar-refractivity contribution < 1.29 is 25.6 Å². The van der Waals surface area contributed by atoms with Crippen LogP contribution in [0.25, 0.3) is 0 Å². The number of nitrogens with zero attached hydrogens (tertiary/aromatic N) is 6. The zero-order valence-electron chi connectivity index (χ0n) is 15.0. The molecule has 0 N–H and O–H groups in total. The fourth-order valence-electron chi connectivity index (χ4n) is 2.54. The fourth-order valence-corrected chi connectivity index (χ4v) is 4.22. The summed E-state index contributed by atoms with van der Waals surface area (Å²) in [5.74, 6) is 0. The molecule has 1 atom stereocenters. The van der Waals surface area contributed by atoms with Crippen molar-refractivity contribution in [3.05, 3.63) is 36.8 Å². The molecule has 3 aromatic heterocycles. The molecule has 0 aliphatic rings. The van der Waals surface area contributed by atoms with E-state index in [1.165, 1.54) is 50.6 Å². The molecule has 16 heteroatoms. The second-order valence-electron chi connectivity index (χ2n) is 6.32.